The fourth-order valence-electron chi connectivity index (χ4n) is 2.55. The summed E-state index contributed by atoms with van der Waals surface area (Å²) in [7, 11) is 0. The number of rotatable bonds is 0. The van der Waals surface area contributed by atoms with Gasteiger partial charge < -0.3 is 20.1 Å². The van der Waals surface area contributed by atoms with Crippen LogP contribution >= 0.6 is 0 Å². The number of para-hydroxylation sites is 2. The molecule has 2 heterocycles. The molecule has 6 nitrogen and oxygen atoms in total. The quantitative estimate of drug-likeness (QED) is 0.601. The van der Waals surface area contributed by atoms with Gasteiger partial charge in [-0.3, -0.25) is 0 Å². The highest BCUT2D eigenvalue weighted by atomic mass is 16.5. The van der Waals surface area contributed by atoms with Crippen LogP contribution in [0.25, 0.3) is 0 Å². The van der Waals surface area contributed by atoms with Crippen LogP contribution in [0.3, 0.4) is 0 Å². The Morgan fingerprint density at radius 1 is 0.852 bits per heavy atom. The Bertz CT molecular complexity index is 985. The highest BCUT2D eigenvalue weighted by Crippen LogP contribution is 2.28. The van der Waals surface area contributed by atoms with E-state index >= 15 is 0 Å². The maximum atomic E-state index is 5.74. The minimum absolute atomic E-state index is 0.462. The molecule has 4 rings (SSSR count). The van der Waals surface area contributed by atoms with Gasteiger partial charge in [0.2, 0.25) is 0 Å². The van der Waals surface area contributed by atoms with Gasteiger partial charge in [0.1, 0.15) is 36.1 Å². The lowest BCUT2D eigenvalue weighted by Crippen LogP contribution is -2.00. The fourth-order valence-corrected chi connectivity index (χ4v) is 2.55. The molecule has 3 aromatic rings. The molecule has 1 aliphatic heterocycles. The molecule has 2 aromatic carbocycles. The van der Waals surface area contributed by atoms with Crippen molar-refractivity contribution >= 4 is 23.0 Å². The summed E-state index contributed by atoms with van der Waals surface area (Å²) in [5, 5.41) is 6.54. The molecule has 2 N–H and O–H groups in total. The zero-order valence-electron chi connectivity index (χ0n) is 14.5. The van der Waals surface area contributed by atoms with Crippen LogP contribution in [0.1, 0.15) is 0 Å². The second kappa shape index (κ2) is 8.05. The number of hydrogen-bond donors (Lipinski definition) is 2. The van der Waals surface area contributed by atoms with Gasteiger partial charge in [-0.05, 0) is 36.4 Å². The first-order valence-electron chi connectivity index (χ1n) is 8.53. The van der Waals surface area contributed by atoms with Crippen molar-refractivity contribution < 1.29 is 9.47 Å². The summed E-state index contributed by atoms with van der Waals surface area (Å²) in [5.74, 6) is 2.80. The van der Waals surface area contributed by atoms with Crippen molar-refractivity contribution in [2.75, 3.05) is 17.2 Å². The van der Waals surface area contributed by atoms with E-state index in [9.17, 15) is 0 Å². The molecule has 0 atom stereocenters. The molecule has 0 saturated heterocycles. The molecule has 0 aliphatic carbocycles. The summed E-state index contributed by atoms with van der Waals surface area (Å²) in [6.07, 6.45) is 8.75. The Balaban J connectivity index is 1.68. The minimum Gasteiger partial charge on any atom is -0.489 e. The standard InChI is InChI=1S/C21H18N4O2/c1-4-11-26-17-8-6-7-16(13-17)24-20-14-21(23-15-22-20)25-18-9-2-3-10-19(18)27-12-5-1/h1-10,12-15H,11H2,(H2,22,23,24,25). The lowest BCUT2D eigenvalue weighted by Gasteiger charge is -2.12. The van der Waals surface area contributed by atoms with E-state index in [-0.39, 0.29) is 0 Å². The molecule has 1 aliphatic rings. The number of anilines is 4. The first kappa shape index (κ1) is 16.7. The van der Waals surface area contributed by atoms with Gasteiger partial charge in [0, 0.05) is 17.8 Å². The van der Waals surface area contributed by atoms with Crippen molar-refractivity contribution in [1.82, 2.24) is 9.97 Å². The number of hydrogen-bond acceptors (Lipinski definition) is 6. The summed E-state index contributed by atoms with van der Waals surface area (Å²) in [4.78, 5) is 8.57. The maximum absolute atomic E-state index is 5.74. The normalized spacial score (nSPS) is 13.2. The van der Waals surface area contributed by atoms with Crippen molar-refractivity contribution in [2.45, 2.75) is 0 Å². The number of nitrogens with zero attached hydrogens (tertiary/aromatic N) is 2. The molecule has 0 fully saturated rings. The zero-order chi connectivity index (χ0) is 18.3. The topological polar surface area (TPSA) is 68.3 Å². The molecule has 0 saturated carbocycles. The van der Waals surface area contributed by atoms with E-state index < -0.39 is 0 Å². The van der Waals surface area contributed by atoms with Crippen molar-refractivity contribution in [3.05, 3.63) is 85.4 Å². The average molecular weight is 358 g/mol. The number of fused-ring (bicyclic) bond motifs is 5. The fraction of sp³-hybridized carbons (Fsp3) is 0.0476. The summed E-state index contributed by atoms with van der Waals surface area (Å²) >= 11 is 0. The highest BCUT2D eigenvalue weighted by molar-refractivity contribution is 5.67. The lowest BCUT2D eigenvalue weighted by atomic mass is 10.3. The van der Waals surface area contributed by atoms with E-state index in [4.69, 9.17) is 9.47 Å². The molecule has 1 aromatic heterocycles. The average Bonchev–Trinajstić information content (AvgIpc) is 2.68. The number of benzene rings is 2. The van der Waals surface area contributed by atoms with Gasteiger partial charge in [-0.25, -0.2) is 9.97 Å². The first-order chi connectivity index (χ1) is 13.4. The SMILES string of the molecule is C1=CCOc2cccc(c2)Nc2cc(ncn2)Nc2ccccc2OC=C1. The molecule has 4 bridgehead atoms. The van der Waals surface area contributed by atoms with Gasteiger partial charge in [0.15, 0.2) is 0 Å². The van der Waals surface area contributed by atoms with Crippen LogP contribution in [0.4, 0.5) is 23.0 Å². The summed E-state index contributed by atoms with van der Waals surface area (Å²) < 4.78 is 11.5. The molecule has 0 radical (unpaired) electrons. The van der Waals surface area contributed by atoms with Crippen molar-refractivity contribution in [3.63, 3.8) is 0 Å². The third-order valence-electron chi connectivity index (χ3n) is 3.79. The Morgan fingerprint density at radius 3 is 2.70 bits per heavy atom. The second-order valence-electron chi connectivity index (χ2n) is 5.75. The minimum atomic E-state index is 0.462. The highest BCUT2D eigenvalue weighted by Gasteiger charge is 2.06. The number of nitrogens with one attached hydrogen (secondary N) is 2. The zero-order valence-corrected chi connectivity index (χ0v) is 14.5. The predicted octanol–water partition coefficient (Wildman–Crippen LogP) is 4.80. The molecule has 0 spiro atoms. The van der Waals surface area contributed by atoms with Gasteiger partial charge in [-0.1, -0.05) is 24.3 Å². The van der Waals surface area contributed by atoms with Crippen LogP contribution in [0.5, 0.6) is 11.5 Å². The third-order valence-corrected chi connectivity index (χ3v) is 3.79. The molecule has 0 amide bonds. The maximum Gasteiger partial charge on any atom is 0.149 e. The Morgan fingerprint density at radius 2 is 1.74 bits per heavy atom. The van der Waals surface area contributed by atoms with Crippen molar-refractivity contribution in [2.24, 2.45) is 0 Å². The van der Waals surface area contributed by atoms with Crippen molar-refractivity contribution in [1.29, 1.82) is 0 Å². The molecule has 134 valence electrons. The Kier molecular flexibility index (Phi) is 4.97. The van der Waals surface area contributed by atoms with Crippen molar-refractivity contribution in [3.8, 4) is 11.5 Å². The molecule has 27 heavy (non-hydrogen) atoms. The molecule has 0 unspecified atom stereocenters. The molecule has 6 heteroatoms. The second-order valence-corrected chi connectivity index (χ2v) is 5.75. The molecular weight excluding hydrogens is 340 g/mol. The van der Waals surface area contributed by atoms with E-state index in [2.05, 4.69) is 20.6 Å². The summed E-state index contributed by atoms with van der Waals surface area (Å²) in [6, 6.07) is 17.2. The van der Waals surface area contributed by atoms with Crippen LogP contribution in [0, 0.1) is 0 Å². The summed E-state index contributed by atoms with van der Waals surface area (Å²) in [6.45, 7) is 0.462. The monoisotopic (exact) mass is 358 g/mol. The number of allylic oxidation sites excluding steroid dienone is 2. The van der Waals surface area contributed by atoms with E-state index in [1.165, 1.54) is 6.33 Å². The third kappa shape index (κ3) is 4.43. The van der Waals surface area contributed by atoms with Gasteiger partial charge in [-0.15, -0.1) is 0 Å². The van der Waals surface area contributed by atoms with E-state index in [1.807, 2.05) is 72.8 Å². The van der Waals surface area contributed by atoms with E-state index in [0.29, 0.717) is 24.0 Å². The van der Waals surface area contributed by atoms with Crippen LogP contribution in [-0.4, -0.2) is 16.6 Å². The Hall–Kier alpha value is -3.80. The van der Waals surface area contributed by atoms with Crippen LogP contribution in [0.2, 0.25) is 0 Å². The first-order valence-corrected chi connectivity index (χ1v) is 8.53. The largest absolute Gasteiger partial charge is 0.489 e. The smallest absolute Gasteiger partial charge is 0.149 e. The van der Waals surface area contributed by atoms with Gasteiger partial charge >= 0.3 is 0 Å². The van der Waals surface area contributed by atoms with Gasteiger partial charge in [-0.2, -0.15) is 0 Å². The number of ether oxygens (including phenoxy) is 2. The van der Waals surface area contributed by atoms with E-state index in [0.717, 1.165) is 17.1 Å². The lowest BCUT2D eigenvalue weighted by molar-refractivity contribution is 0.363. The van der Waals surface area contributed by atoms with Crippen LogP contribution < -0.4 is 20.1 Å². The van der Waals surface area contributed by atoms with Gasteiger partial charge in [0.05, 0.1) is 11.9 Å². The Labute approximate surface area is 157 Å². The summed E-state index contributed by atoms with van der Waals surface area (Å²) in [5.41, 5.74) is 1.69. The molecular formula is C21H18N4O2. The van der Waals surface area contributed by atoms with Gasteiger partial charge in [0.25, 0.3) is 0 Å². The van der Waals surface area contributed by atoms with Crippen LogP contribution in [0.15, 0.2) is 85.4 Å². The predicted molar refractivity (Wildman–Crippen MR) is 106 cm³/mol. The van der Waals surface area contributed by atoms with E-state index in [1.54, 1.807) is 6.26 Å². The number of aromatic nitrogens is 2. The van der Waals surface area contributed by atoms with Crippen LogP contribution in [-0.2, 0) is 0 Å².